The molecule has 0 aromatic carbocycles. The zero-order valence-corrected chi connectivity index (χ0v) is 18.6. The molecular formula is C21H40O3Si. The summed E-state index contributed by atoms with van der Waals surface area (Å²) < 4.78 is 6.10. The minimum atomic E-state index is -1.81. The van der Waals surface area contributed by atoms with E-state index in [1.165, 1.54) is 11.1 Å². The van der Waals surface area contributed by atoms with Crippen LogP contribution in [0.15, 0.2) is 34.9 Å². The molecule has 1 atom stereocenters. The van der Waals surface area contributed by atoms with Gasteiger partial charge in [-0.25, -0.2) is 0 Å². The molecule has 1 unspecified atom stereocenters. The first-order valence-corrected chi connectivity index (χ1v) is 12.2. The van der Waals surface area contributed by atoms with E-state index in [1.54, 1.807) is 0 Å². The number of aliphatic hydroxyl groups excluding tert-OH is 2. The summed E-state index contributed by atoms with van der Waals surface area (Å²) in [6.45, 7) is 17.6. The van der Waals surface area contributed by atoms with Crippen molar-refractivity contribution in [3.63, 3.8) is 0 Å². The van der Waals surface area contributed by atoms with Crippen LogP contribution in [0.25, 0.3) is 0 Å². The molecule has 0 spiro atoms. The van der Waals surface area contributed by atoms with Crippen molar-refractivity contribution in [2.45, 2.75) is 85.0 Å². The first kappa shape index (κ1) is 24.3. The molecule has 0 radical (unpaired) electrons. The molecule has 0 heterocycles. The Hall–Kier alpha value is -0.683. The van der Waals surface area contributed by atoms with Gasteiger partial charge in [-0.15, -0.1) is 0 Å². The molecule has 0 aliphatic rings. The largest absolute Gasteiger partial charge is 0.413 e. The molecule has 146 valence electrons. The molecule has 0 aromatic rings. The molecule has 0 saturated heterocycles. The second-order valence-corrected chi connectivity index (χ2v) is 13.4. The summed E-state index contributed by atoms with van der Waals surface area (Å²) in [5, 5.41) is 20.0. The van der Waals surface area contributed by atoms with Crippen LogP contribution in [-0.4, -0.2) is 37.8 Å². The molecular weight excluding hydrogens is 328 g/mol. The van der Waals surface area contributed by atoms with E-state index in [0.717, 1.165) is 12.8 Å². The molecule has 25 heavy (non-hydrogen) atoms. The Morgan fingerprint density at radius 3 is 2.16 bits per heavy atom. The third-order valence-electron chi connectivity index (χ3n) is 4.99. The van der Waals surface area contributed by atoms with Gasteiger partial charge in [-0.2, -0.15) is 0 Å². The highest BCUT2D eigenvalue weighted by Crippen LogP contribution is 2.36. The summed E-state index contributed by atoms with van der Waals surface area (Å²) in [5.74, 6) is 0. The van der Waals surface area contributed by atoms with Crippen molar-refractivity contribution in [1.29, 1.82) is 0 Å². The number of hydrogen-bond acceptors (Lipinski definition) is 3. The monoisotopic (exact) mass is 368 g/mol. The van der Waals surface area contributed by atoms with Gasteiger partial charge in [0.25, 0.3) is 0 Å². The molecule has 3 nitrogen and oxygen atoms in total. The van der Waals surface area contributed by atoms with Crippen molar-refractivity contribution in [3.8, 4) is 0 Å². The van der Waals surface area contributed by atoms with Crippen molar-refractivity contribution in [3.05, 3.63) is 34.9 Å². The lowest BCUT2D eigenvalue weighted by Gasteiger charge is -2.35. The minimum absolute atomic E-state index is 0.132. The van der Waals surface area contributed by atoms with Gasteiger partial charge in [0.05, 0.1) is 19.3 Å². The normalized spacial score (nSPS) is 15.3. The van der Waals surface area contributed by atoms with Gasteiger partial charge in [0, 0.05) is 0 Å². The van der Waals surface area contributed by atoms with E-state index in [4.69, 9.17) is 4.43 Å². The van der Waals surface area contributed by atoms with Crippen molar-refractivity contribution < 1.29 is 14.6 Å². The van der Waals surface area contributed by atoms with Crippen LogP contribution < -0.4 is 0 Å². The summed E-state index contributed by atoms with van der Waals surface area (Å²) in [7, 11) is -1.81. The Labute approximate surface area is 156 Å². The fourth-order valence-corrected chi connectivity index (χ4v) is 2.97. The molecule has 0 bridgehead atoms. The maximum atomic E-state index is 10.3. The number of rotatable bonds is 10. The molecule has 0 aliphatic carbocycles. The summed E-state index contributed by atoms with van der Waals surface area (Å²) >= 11 is 0. The first-order valence-electron chi connectivity index (χ1n) is 9.31. The van der Waals surface area contributed by atoms with Gasteiger partial charge in [0.15, 0.2) is 8.32 Å². The first-order chi connectivity index (χ1) is 11.4. The summed E-state index contributed by atoms with van der Waals surface area (Å²) in [4.78, 5) is 0. The smallest absolute Gasteiger partial charge is 0.192 e. The molecule has 0 saturated carbocycles. The van der Waals surface area contributed by atoms with E-state index < -0.39 is 14.4 Å². The van der Waals surface area contributed by atoms with Gasteiger partial charge in [-0.1, -0.05) is 50.1 Å². The lowest BCUT2D eigenvalue weighted by Crippen LogP contribution is -2.40. The third-order valence-corrected chi connectivity index (χ3v) is 9.49. The zero-order chi connectivity index (χ0) is 19.7. The lowest BCUT2D eigenvalue weighted by atomic mass is 10.0. The number of hydrogen-bond donors (Lipinski definition) is 2. The molecule has 2 N–H and O–H groups in total. The number of allylic oxidation sites excluding steroid dienone is 3. The van der Waals surface area contributed by atoms with Crippen molar-refractivity contribution >= 4 is 8.32 Å². The van der Waals surface area contributed by atoms with Gasteiger partial charge in [-0.3, -0.25) is 0 Å². The second-order valence-electron chi connectivity index (χ2n) is 8.63. The zero-order valence-electron chi connectivity index (χ0n) is 17.6. The molecule has 0 aliphatic heterocycles. The molecule has 0 fully saturated rings. The van der Waals surface area contributed by atoms with Gasteiger partial charge < -0.3 is 14.6 Å². The molecule has 0 rings (SSSR count). The van der Waals surface area contributed by atoms with Crippen LogP contribution in [0.2, 0.25) is 18.1 Å². The van der Waals surface area contributed by atoms with Crippen LogP contribution in [0, 0.1) is 0 Å². The quantitative estimate of drug-likeness (QED) is 0.402. The van der Waals surface area contributed by atoms with E-state index >= 15 is 0 Å². The average Bonchev–Trinajstić information content (AvgIpc) is 2.47. The fraction of sp³-hybridized carbons (Fsp3) is 0.714. The number of aliphatic hydroxyl groups is 2. The lowest BCUT2D eigenvalue weighted by molar-refractivity contribution is 0.187. The van der Waals surface area contributed by atoms with Gasteiger partial charge in [0.2, 0.25) is 0 Å². The Bertz CT molecular complexity index is 478. The van der Waals surface area contributed by atoms with E-state index in [-0.39, 0.29) is 11.6 Å². The Balaban J connectivity index is 4.60. The fourth-order valence-electron chi connectivity index (χ4n) is 2.03. The standard InChI is InChI=1S/C21H40O3Si/c1-17(2)10-9-11-18(3)12-13-20(23)19(16-22)14-15-24-25(7,8)21(4,5)6/h10,12,14,20,22-23H,9,11,13,15-16H2,1-8H3/b18-12+,19-14+. The van der Waals surface area contributed by atoms with Crippen molar-refractivity contribution in [1.82, 2.24) is 0 Å². The van der Waals surface area contributed by atoms with Crippen molar-refractivity contribution in [2.24, 2.45) is 0 Å². The summed E-state index contributed by atoms with van der Waals surface area (Å²) in [5.41, 5.74) is 3.25. The van der Waals surface area contributed by atoms with E-state index in [1.807, 2.05) is 6.08 Å². The molecule has 0 aromatic heterocycles. The van der Waals surface area contributed by atoms with Gasteiger partial charge in [0.1, 0.15) is 0 Å². The predicted molar refractivity (Wildman–Crippen MR) is 111 cm³/mol. The maximum Gasteiger partial charge on any atom is 0.192 e. The van der Waals surface area contributed by atoms with Gasteiger partial charge in [-0.05, 0) is 63.7 Å². The van der Waals surface area contributed by atoms with Crippen LogP contribution in [0.4, 0.5) is 0 Å². The third kappa shape index (κ3) is 10.1. The predicted octanol–water partition coefficient (Wildman–Crippen LogP) is 5.37. The molecule has 4 heteroatoms. The maximum absolute atomic E-state index is 10.3. The summed E-state index contributed by atoms with van der Waals surface area (Å²) in [6, 6.07) is 0. The van der Waals surface area contributed by atoms with Crippen molar-refractivity contribution in [2.75, 3.05) is 13.2 Å². The highest BCUT2D eigenvalue weighted by Gasteiger charge is 2.36. The topological polar surface area (TPSA) is 49.7 Å². The van der Waals surface area contributed by atoms with E-state index in [0.29, 0.717) is 18.6 Å². The second kappa shape index (κ2) is 11.1. The van der Waals surface area contributed by atoms with Crippen LogP contribution in [-0.2, 0) is 4.43 Å². The minimum Gasteiger partial charge on any atom is -0.413 e. The van der Waals surface area contributed by atoms with Crippen LogP contribution >= 0.6 is 0 Å². The highest BCUT2D eigenvalue weighted by atomic mass is 28.4. The summed E-state index contributed by atoms with van der Waals surface area (Å²) in [6.07, 6.45) is 8.07. The Kier molecular flexibility index (Phi) is 10.8. The Morgan fingerprint density at radius 2 is 1.68 bits per heavy atom. The van der Waals surface area contributed by atoms with E-state index in [9.17, 15) is 10.2 Å². The molecule has 0 amide bonds. The van der Waals surface area contributed by atoms with Crippen LogP contribution in [0.3, 0.4) is 0 Å². The van der Waals surface area contributed by atoms with Crippen LogP contribution in [0.5, 0.6) is 0 Å². The van der Waals surface area contributed by atoms with E-state index in [2.05, 4.69) is 66.8 Å². The van der Waals surface area contributed by atoms with Crippen LogP contribution in [0.1, 0.15) is 60.8 Å². The Morgan fingerprint density at radius 1 is 1.08 bits per heavy atom. The van der Waals surface area contributed by atoms with Gasteiger partial charge >= 0.3 is 0 Å². The highest BCUT2D eigenvalue weighted by molar-refractivity contribution is 6.74. The SMILES string of the molecule is CC(C)=CCC/C(C)=C/CC(O)/C(=C/CO[Si](C)(C)C(C)(C)C)CO. The average molecular weight is 369 g/mol.